The standard InChI is InChI=1S/C13H16FNO2.C8H8O2/c1-17-13(16)11-5-4-9(7-12(11)14)10-3-2-6-15-8-10;9-7-10-6-8-4-2-1-3-5-8/h4-5,7,10,15H,2-3,6,8H2,1H3;1-5,7H,6H2. The van der Waals surface area contributed by atoms with Crippen molar-refractivity contribution in [1.29, 1.82) is 0 Å². The van der Waals surface area contributed by atoms with Gasteiger partial charge in [-0.1, -0.05) is 36.4 Å². The number of piperidine rings is 1. The lowest BCUT2D eigenvalue weighted by Gasteiger charge is -2.23. The molecule has 0 spiro atoms. The minimum Gasteiger partial charge on any atom is -0.465 e. The molecule has 144 valence electrons. The molecule has 6 heteroatoms. The first kappa shape index (κ1) is 20.6. The van der Waals surface area contributed by atoms with Crippen molar-refractivity contribution >= 4 is 12.4 Å². The van der Waals surface area contributed by atoms with Crippen LogP contribution in [0.2, 0.25) is 0 Å². The monoisotopic (exact) mass is 373 g/mol. The normalized spacial score (nSPS) is 15.9. The van der Waals surface area contributed by atoms with E-state index in [1.165, 1.54) is 19.2 Å². The summed E-state index contributed by atoms with van der Waals surface area (Å²) in [4.78, 5) is 21.0. The van der Waals surface area contributed by atoms with Crippen LogP contribution in [0.1, 0.15) is 40.2 Å². The Balaban J connectivity index is 0.000000223. The Morgan fingerprint density at radius 1 is 1.26 bits per heavy atom. The van der Waals surface area contributed by atoms with Crippen molar-refractivity contribution in [3.8, 4) is 0 Å². The van der Waals surface area contributed by atoms with Gasteiger partial charge in [0.15, 0.2) is 0 Å². The number of halogens is 1. The molecule has 1 atom stereocenters. The van der Waals surface area contributed by atoms with Gasteiger partial charge in [-0.15, -0.1) is 0 Å². The molecular formula is C21H24FNO4. The van der Waals surface area contributed by atoms with Crippen LogP contribution in [0.15, 0.2) is 48.5 Å². The Morgan fingerprint density at radius 2 is 2.04 bits per heavy atom. The first-order valence-electron chi connectivity index (χ1n) is 8.83. The number of esters is 1. The maximum Gasteiger partial charge on any atom is 0.340 e. The molecule has 0 amide bonds. The van der Waals surface area contributed by atoms with Crippen molar-refractivity contribution in [2.24, 2.45) is 0 Å². The Morgan fingerprint density at radius 3 is 2.63 bits per heavy atom. The van der Waals surface area contributed by atoms with Crippen LogP contribution >= 0.6 is 0 Å². The van der Waals surface area contributed by atoms with Crippen LogP contribution in [0.25, 0.3) is 0 Å². The van der Waals surface area contributed by atoms with E-state index >= 15 is 0 Å². The zero-order valence-electron chi connectivity index (χ0n) is 15.3. The van der Waals surface area contributed by atoms with E-state index in [1.807, 2.05) is 36.4 Å². The van der Waals surface area contributed by atoms with Crippen molar-refractivity contribution in [3.63, 3.8) is 0 Å². The molecule has 3 rings (SSSR count). The Kier molecular flexibility index (Phi) is 8.45. The lowest BCUT2D eigenvalue weighted by molar-refractivity contribution is -0.129. The summed E-state index contributed by atoms with van der Waals surface area (Å²) in [5.74, 6) is -0.791. The molecule has 1 heterocycles. The van der Waals surface area contributed by atoms with E-state index in [9.17, 15) is 14.0 Å². The van der Waals surface area contributed by atoms with Crippen LogP contribution in [-0.4, -0.2) is 32.6 Å². The largest absolute Gasteiger partial charge is 0.465 e. The topological polar surface area (TPSA) is 64.6 Å². The SMILES string of the molecule is COC(=O)c1ccc(C2CCCNC2)cc1F.O=COCc1ccccc1. The Bertz CT molecular complexity index is 730. The summed E-state index contributed by atoms with van der Waals surface area (Å²) in [6, 6.07) is 14.3. The molecule has 0 saturated carbocycles. The molecule has 0 bridgehead atoms. The van der Waals surface area contributed by atoms with Crippen LogP contribution in [0, 0.1) is 5.82 Å². The van der Waals surface area contributed by atoms with Crippen molar-refractivity contribution in [1.82, 2.24) is 5.32 Å². The molecule has 0 radical (unpaired) electrons. The third-order valence-electron chi connectivity index (χ3n) is 4.33. The maximum atomic E-state index is 13.7. The zero-order chi connectivity index (χ0) is 19.5. The Labute approximate surface area is 158 Å². The number of benzene rings is 2. The van der Waals surface area contributed by atoms with Gasteiger partial charge in [0.1, 0.15) is 12.4 Å². The molecular weight excluding hydrogens is 349 g/mol. The molecule has 1 fully saturated rings. The summed E-state index contributed by atoms with van der Waals surface area (Å²) in [5, 5.41) is 3.29. The highest BCUT2D eigenvalue weighted by molar-refractivity contribution is 5.89. The second kappa shape index (κ2) is 11.1. The first-order valence-corrected chi connectivity index (χ1v) is 8.83. The number of carbonyl (C=O) groups is 2. The lowest BCUT2D eigenvalue weighted by Crippen LogP contribution is -2.28. The van der Waals surface area contributed by atoms with E-state index in [1.54, 1.807) is 0 Å². The summed E-state index contributed by atoms with van der Waals surface area (Å²) in [7, 11) is 1.25. The highest BCUT2D eigenvalue weighted by atomic mass is 19.1. The first-order chi connectivity index (χ1) is 13.2. The van der Waals surface area contributed by atoms with Crippen LogP contribution in [0.5, 0.6) is 0 Å². The maximum absolute atomic E-state index is 13.7. The molecule has 0 aromatic heterocycles. The van der Waals surface area contributed by atoms with Gasteiger partial charge in [0.2, 0.25) is 0 Å². The average molecular weight is 373 g/mol. The van der Waals surface area contributed by atoms with Crippen molar-refractivity contribution < 1.29 is 23.5 Å². The molecule has 2 aromatic carbocycles. The number of carbonyl (C=O) groups excluding carboxylic acids is 2. The third-order valence-corrected chi connectivity index (χ3v) is 4.33. The number of hydrogen-bond donors (Lipinski definition) is 1. The molecule has 1 N–H and O–H groups in total. The van der Waals surface area contributed by atoms with Gasteiger partial charge >= 0.3 is 5.97 Å². The van der Waals surface area contributed by atoms with E-state index in [4.69, 9.17) is 0 Å². The van der Waals surface area contributed by atoms with Gasteiger partial charge in [-0.3, -0.25) is 4.79 Å². The number of nitrogens with one attached hydrogen (secondary N) is 1. The summed E-state index contributed by atoms with van der Waals surface area (Å²) < 4.78 is 22.8. The zero-order valence-corrected chi connectivity index (χ0v) is 15.3. The third kappa shape index (κ3) is 6.49. The highest BCUT2D eigenvalue weighted by Gasteiger charge is 2.18. The molecule has 27 heavy (non-hydrogen) atoms. The van der Waals surface area contributed by atoms with Gasteiger partial charge < -0.3 is 14.8 Å². The summed E-state index contributed by atoms with van der Waals surface area (Å²) >= 11 is 0. The molecule has 1 aliphatic heterocycles. The smallest absolute Gasteiger partial charge is 0.340 e. The average Bonchev–Trinajstić information content (AvgIpc) is 2.73. The van der Waals surface area contributed by atoms with E-state index in [0.717, 1.165) is 37.1 Å². The Hall–Kier alpha value is -2.73. The number of rotatable bonds is 5. The quantitative estimate of drug-likeness (QED) is 0.642. The minimum absolute atomic E-state index is 0.0000172. The summed E-state index contributed by atoms with van der Waals surface area (Å²) in [6.07, 6.45) is 2.16. The highest BCUT2D eigenvalue weighted by Crippen LogP contribution is 2.25. The van der Waals surface area contributed by atoms with Crippen molar-refractivity contribution in [2.75, 3.05) is 20.2 Å². The van der Waals surface area contributed by atoms with Crippen molar-refractivity contribution in [2.45, 2.75) is 25.4 Å². The fourth-order valence-corrected chi connectivity index (χ4v) is 2.90. The van der Waals surface area contributed by atoms with Gasteiger partial charge in [0.05, 0.1) is 12.7 Å². The fraction of sp³-hybridized carbons (Fsp3) is 0.333. The van der Waals surface area contributed by atoms with Gasteiger partial charge in [-0.2, -0.15) is 0 Å². The predicted octanol–water partition coefficient (Wildman–Crippen LogP) is 3.44. The molecule has 1 aliphatic rings. The van der Waals surface area contributed by atoms with Gasteiger partial charge in [0.25, 0.3) is 6.47 Å². The van der Waals surface area contributed by atoms with Crippen LogP contribution in [0.4, 0.5) is 4.39 Å². The second-order valence-electron chi connectivity index (χ2n) is 6.17. The fourth-order valence-electron chi connectivity index (χ4n) is 2.90. The molecule has 2 aromatic rings. The van der Waals surface area contributed by atoms with E-state index in [2.05, 4.69) is 14.8 Å². The summed E-state index contributed by atoms with van der Waals surface area (Å²) in [5.41, 5.74) is 1.96. The molecule has 5 nitrogen and oxygen atoms in total. The van der Waals surface area contributed by atoms with Gasteiger partial charge in [0, 0.05) is 6.54 Å². The van der Waals surface area contributed by atoms with E-state index in [0.29, 0.717) is 19.0 Å². The summed E-state index contributed by atoms with van der Waals surface area (Å²) in [6.45, 7) is 2.72. The number of methoxy groups -OCH3 is 1. The van der Waals surface area contributed by atoms with Crippen LogP contribution in [-0.2, 0) is 20.9 Å². The number of hydrogen-bond acceptors (Lipinski definition) is 5. The predicted molar refractivity (Wildman–Crippen MR) is 99.9 cm³/mol. The van der Waals surface area contributed by atoms with Crippen LogP contribution < -0.4 is 5.32 Å². The molecule has 0 aliphatic carbocycles. The minimum atomic E-state index is -0.629. The van der Waals surface area contributed by atoms with Crippen molar-refractivity contribution in [3.05, 3.63) is 71.0 Å². The van der Waals surface area contributed by atoms with Gasteiger partial charge in [-0.25, -0.2) is 9.18 Å². The second-order valence-corrected chi connectivity index (χ2v) is 6.17. The number of ether oxygens (including phenoxy) is 2. The molecule has 1 saturated heterocycles. The van der Waals surface area contributed by atoms with Crippen LogP contribution in [0.3, 0.4) is 0 Å². The lowest BCUT2D eigenvalue weighted by atomic mass is 9.91. The van der Waals surface area contributed by atoms with E-state index < -0.39 is 11.8 Å². The van der Waals surface area contributed by atoms with Gasteiger partial charge in [-0.05, 0) is 48.6 Å². The van der Waals surface area contributed by atoms with E-state index in [-0.39, 0.29) is 5.56 Å². The molecule has 1 unspecified atom stereocenters.